The normalized spacial score (nSPS) is 15.3. The smallest absolute Gasteiger partial charge is 0.272 e. The van der Waals surface area contributed by atoms with Crippen molar-refractivity contribution in [1.82, 2.24) is 5.32 Å². The number of carbonyl (C=O) groups excluding carboxylic acids is 1. The average molecular weight is 345 g/mol. The van der Waals surface area contributed by atoms with E-state index >= 15 is 0 Å². The number of rotatable bonds is 4. The quantitative estimate of drug-likeness (QED) is 0.681. The molecule has 1 saturated heterocycles. The maximum atomic E-state index is 12.1. The lowest BCUT2D eigenvalue weighted by atomic mass is 10.0. The Morgan fingerprint density at radius 2 is 2.08 bits per heavy atom. The maximum absolute atomic E-state index is 12.1. The van der Waals surface area contributed by atoms with Crippen LogP contribution in [0.1, 0.15) is 28.8 Å². The van der Waals surface area contributed by atoms with Crippen molar-refractivity contribution in [1.29, 1.82) is 0 Å². The minimum Gasteiger partial charge on any atom is -0.371 e. The lowest BCUT2D eigenvalue weighted by Gasteiger charge is -2.34. The third kappa shape index (κ3) is 3.56. The summed E-state index contributed by atoms with van der Waals surface area (Å²) in [4.78, 5) is 24.9. The van der Waals surface area contributed by atoms with Gasteiger partial charge in [0.1, 0.15) is 0 Å². The Morgan fingerprint density at radius 3 is 2.67 bits per heavy atom. The fourth-order valence-corrected chi connectivity index (χ4v) is 3.62. The molecule has 7 heteroatoms. The van der Waals surface area contributed by atoms with E-state index in [1.165, 1.54) is 11.3 Å². The Morgan fingerprint density at radius 1 is 1.33 bits per heavy atom. The molecule has 1 aromatic heterocycles. The van der Waals surface area contributed by atoms with Crippen molar-refractivity contribution < 1.29 is 9.72 Å². The van der Waals surface area contributed by atoms with Crippen molar-refractivity contribution in [2.45, 2.75) is 25.8 Å². The molecule has 0 spiro atoms. The minimum absolute atomic E-state index is 0.0131. The number of amides is 1. The van der Waals surface area contributed by atoms with Crippen LogP contribution in [0.3, 0.4) is 0 Å². The number of anilines is 1. The number of benzene rings is 1. The third-order valence-electron chi connectivity index (χ3n) is 4.36. The largest absolute Gasteiger partial charge is 0.371 e. The summed E-state index contributed by atoms with van der Waals surface area (Å²) in [5.41, 5.74) is 2.54. The molecule has 1 aliphatic rings. The zero-order valence-electron chi connectivity index (χ0n) is 13.4. The number of thiophene rings is 1. The van der Waals surface area contributed by atoms with Gasteiger partial charge in [-0.15, -0.1) is 0 Å². The van der Waals surface area contributed by atoms with E-state index < -0.39 is 0 Å². The van der Waals surface area contributed by atoms with Gasteiger partial charge < -0.3 is 10.2 Å². The third-order valence-corrected chi connectivity index (χ3v) is 5.04. The average Bonchev–Trinajstić information content (AvgIpc) is 3.09. The van der Waals surface area contributed by atoms with Crippen molar-refractivity contribution >= 4 is 28.6 Å². The monoisotopic (exact) mass is 345 g/mol. The highest BCUT2D eigenvalue weighted by molar-refractivity contribution is 7.08. The van der Waals surface area contributed by atoms with E-state index in [4.69, 9.17) is 0 Å². The summed E-state index contributed by atoms with van der Waals surface area (Å²) in [6.07, 6.45) is 1.73. The van der Waals surface area contributed by atoms with Gasteiger partial charge in [0.05, 0.1) is 4.92 Å². The van der Waals surface area contributed by atoms with Crippen LogP contribution in [-0.2, 0) is 0 Å². The number of nitro benzene ring substituents is 1. The molecule has 3 rings (SSSR count). The predicted molar refractivity (Wildman–Crippen MR) is 94.9 cm³/mol. The summed E-state index contributed by atoms with van der Waals surface area (Å²) >= 11 is 1.52. The van der Waals surface area contributed by atoms with E-state index in [1.54, 1.807) is 19.1 Å². The van der Waals surface area contributed by atoms with Gasteiger partial charge in [0.2, 0.25) is 0 Å². The van der Waals surface area contributed by atoms with Crippen LogP contribution in [0.15, 0.2) is 35.0 Å². The van der Waals surface area contributed by atoms with Crippen LogP contribution in [0.2, 0.25) is 0 Å². The number of carbonyl (C=O) groups is 1. The second-order valence-electron chi connectivity index (χ2n) is 5.97. The predicted octanol–water partition coefficient (Wildman–Crippen LogP) is 3.36. The van der Waals surface area contributed by atoms with Gasteiger partial charge in [0, 0.05) is 47.4 Å². The van der Waals surface area contributed by atoms with E-state index in [0.717, 1.165) is 31.6 Å². The molecule has 0 radical (unpaired) electrons. The molecule has 1 fully saturated rings. The Bertz CT molecular complexity index is 738. The lowest BCUT2D eigenvalue weighted by molar-refractivity contribution is -0.385. The number of nitrogens with zero attached hydrogens (tertiary/aromatic N) is 2. The molecule has 1 N–H and O–H groups in total. The molecule has 24 heavy (non-hydrogen) atoms. The van der Waals surface area contributed by atoms with Crippen LogP contribution >= 0.6 is 11.3 Å². The molecule has 6 nitrogen and oxygen atoms in total. The van der Waals surface area contributed by atoms with Gasteiger partial charge >= 0.3 is 0 Å². The minimum atomic E-state index is -0.356. The molecule has 2 aromatic rings. The van der Waals surface area contributed by atoms with Crippen LogP contribution in [0, 0.1) is 17.0 Å². The molecular weight excluding hydrogens is 326 g/mol. The molecule has 0 unspecified atom stereocenters. The van der Waals surface area contributed by atoms with Crippen molar-refractivity contribution in [3.05, 3.63) is 56.3 Å². The van der Waals surface area contributed by atoms with Crippen LogP contribution in [0.25, 0.3) is 0 Å². The number of nitro groups is 1. The highest BCUT2D eigenvalue weighted by Crippen LogP contribution is 2.26. The van der Waals surface area contributed by atoms with Crippen molar-refractivity contribution in [3.8, 4) is 0 Å². The summed E-state index contributed by atoms with van der Waals surface area (Å²) < 4.78 is 0. The highest BCUT2D eigenvalue weighted by Gasteiger charge is 2.22. The Kier molecular flexibility index (Phi) is 4.80. The first kappa shape index (κ1) is 16.4. The molecule has 2 heterocycles. The standard InChI is InChI=1S/C17H19N3O3S/c1-12-10-15(2-3-16(12)20(22)23)19-7-4-14(5-8-19)18-17(21)13-6-9-24-11-13/h2-3,6,9-11,14H,4-5,7-8H2,1H3,(H,18,21). The SMILES string of the molecule is Cc1cc(N2CCC(NC(=O)c3ccsc3)CC2)ccc1[N+](=O)[O-]. The second kappa shape index (κ2) is 7.00. The van der Waals surface area contributed by atoms with Crippen LogP contribution in [0.4, 0.5) is 11.4 Å². The zero-order chi connectivity index (χ0) is 17.1. The second-order valence-corrected chi connectivity index (χ2v) is 6.75. The molecule has 1 amide bonds. The van der Waals surface area contributed by atoms with E-state index in [9.17, 15) is 14.9 Å². The first-order valence-corrected chi connectivity index (χ1v) is 8.82. The van der Waals surface area contributed by atoms with E-state index in [-0.39, 0.29) is 22.6 Å². The van der Waals surface area contributed by atoms with Crippen LogP contribution in [0.5, 0.6) is 0 Å². The van der Waals surface area contributed by atoms with Gasteiger partial charge in [-0.25, -0.2) is 0 Å². The number of hydrogen-bond acceptors (Lipinski definition) is 5. The first-order chi connectivity index (χ1) is 11.5. The summed E-state index contributed by atoms with van der Waals surface area (Å²) in [6.45, 7) is 3.41. The molecule has 1 aromatic carbocycles. The molecule has 0 atom stereocenters. The maximum Gasteiger partial charge on any atom is 0.272 e. The van der Waals surface area contributed by atoms with Gasteiger partial charge in [-0.2, -0.15) is 11.3 Å². The van der Waals surface area contributed by atoms with Crippen LogP contribution in [-0.4, -0.2) is 30.0 Å². The van der Waals surface area contributed by atoms with E-state index in [2.05, 4.69) is 10.2 Å². The summed E-state index contributed by atoms with van der Waals surface area (Å²) in [5.74, 6) is -0.0131. The summed E-state index contributed by atoms with van der Waals surface area (Å²) in [6, 6.07) is 7.23. The Balaban J connectivity index is 1.58. The number of hydrogen-bond donors (Lipinski definition) is 1. The number of piperidine rings is 1. The molecule has 0 saturated carbocycles. The molecule has 0 bridgehead atoms. The summed E-state index contributed by atoms with van der Waals surface area (Å²) in [5, 5.41) is 17.7. The fourth-order valence-electron chi connectivity index (χ4n) is 2.99. The topological polar surface area (TPSA) is 75.5 Å². The Hall–Kier alpha value is -2.41. The van der Waals surface area contributed by atoms with Crippen molar-refractivity contribution in [2.75, 3.05) is 18.0 Å². The zero-order valence-corrected chi connectivity index (χ0v) is 14.2. The van der Waals surface area contributed by atoms with E-state index in [1.807, 2.05) is 22.9 Å². The van der Waals surface area contributed by atoms with Crippen molar-refractivity contribution in [2.24, 2.45) is 0 Å². The summed E-state index contributed by atoms with van der Waals surface area (Å²) in [7, 11) is 0. The van der Waals surface area contributed by atoms with Gasteiger partial charge in [-0.05, 0) is 43.3 Å². The van der Waals surface area contributed by atoms with Gasteiger partial charge in [-0.1, -0.05) is 0 Å². The fraction of sp³-hybridized carbons (Fsp3) is 0.353. The lowest BCUT2D eigenvalue weighted by Crippen LogP contribution is -2.44. The van der Waals surface area contributed by atoms with Crippen molar-refractivity contribution in [3.63, 3.8) is 0 Å². The first-order valence-electron chi connectivity index (χ1n) is 7.87. The van der Waals surface area contributed by atoms with Gasteiger partial charge in [0.25, 0.3) is 11.6 Å². The molecule has 1 aliphatic heterocycles. The van der Waals surface area contributed by atoms with Crippen LogP contribution < -0.4 is 10.2 Å². The van der Waals surface area contributed by atoms with Gasteiger partial charge in [0.15, 0.2) is 0 Å². The number of nitrogens with one attached hydrogen (secondary N) is 1. The highest BCUT2D eigenvalue weighted by atomic mass is 32.1. The van der Waals surface area contributed by atoms with Gasteiger partial charge in [-0.3, -0.25) is 14.9 Å². The molecule has 126 valence electrons. The molecular formula is C17H19N3O3S. The molecule has 0 aliphatic carbocycles. The Labute approximate surface area is 144 Å². The van der Waals surface area contributed by atoms with E-state index in [0.29, 0.717) is 11.1 Å². The number of aryl methyl sites for hydroxylation is 1.